The molecule has 3 atom stereocenters. The zero-order chi connectivity index (χ0) is 24.7. The van der Waals surface area contributed by atoms with Gasteiger partial charge in [-0.1, -0.05) is 12.1 Å². The Hall–Kier alpha value is -2.94. The summed E-state index contributed by atoms with van der Waals surface area (Å²) in [7, 11) is 1.31. The monoisotopic (exact) mass is 467 g/mol. The van der Waals surface area contributed by atoms with Gasteiger partial charge in [-0.3, -0.25) is 0 Å². The summed E-state index contributed by atoms with van der Waals surface area (Å²) in [6, 6.07) is 7.40. The molecule has 33 heavy (non-hydrogen) atoms. The number of methoxy groups -OCH3 is 1. The number of halogens is 3. The topological polar surface area (TPSA) is 88.1 Å². The van der Waals surface area contributed by atoms with Gasteiger partial charge < -0.3 is 29.2 Å². The van der Waals surface area contributed by atoms with E-state index in [1.807, 2.05) is 26.0 Å². The molecule has 180 valence electrons. The molecular formula is C24H26F3O6-. The van der Waals surface area contributed by atoms with E-state index in [0.717, 1.165) is 28.8 Å². The third-order valence-corrected chi connectivity index (χ3v) is 5.76. The molecule has 6 nitrogen and oxygen atoms in total. The van der Waals surface area contributed by atoms with Crippen LogP contribution in [-0.2, 0) is 4.79 Å². The van der Waals surface area contributed by atoms with Crippen LogP contribution >= 0.6 is 0 Å². The van der Waals surface area contributed by atoms with Gasteiger partial charge in [0.25, 0.3) is 0 Å². The maximum atomic E-state index is 12.5. The number of aryl methyl sites for hydroxylation is 2. The lowest BCUT2D eigenvalue weighted by molar-refractivity contribution is -0.320. The molecule has 0 aliphatic heterocycles. The van der Waals surface area contributed by atoms with Crippen LogP contribution in [0.4, 0.5) is 13.2 Å². The zero-order valence-corrected chi connectivity index (χ0v) is 18.9. The Balaban J connectivity index is 1.79. The number of benzene rings is 2. The van der Waals surface area contributed by atoms with Crippen LogP contribution in [0.25, 0.3) is 0 Å². The number of aliphatic hydroxyl groups is 1. The number of carboxylic acids is 1. The Morgan fingerprint density at radius 2 is 1.73 bits per heavy atom. The fraction of sp³-hybridized carbons (Fsp3) is 0.458. The minimum absolute atomic E-state index is 0.0245. The van der Waals surface area contributed by atoms with Gasteiger partial charge in [0, 0.05) is 11.6 Å². The lowest BCUT2D eigenvalue weighted by Gasteiger charge is -2.29. The molecule has 9 heteroatoms. The Kier molecular flexibility index (Phi) is 6.57. The molecule has 3 unspecified atom stereocenters. The standard InChI is InChI=1S/C24H27F3O6/c1-12-8-14(9-13(2)21(12)33-23(3,4)22(29)30)17-11-18(17)20(28)16-7-6-15(10-19(16)31-5)32-24(25,26)27/h6-10,17-18,20,28H,11H2,1-5H3,(H,29,30)/p-1. The van der Waals surface area contributed by atoms with Crippen LogP contribution in [0, 0.1) is 19.8 Å². The van der Waals surface area contributed by atoms with Crippen molar-refractivity contribution in [2.45, 2.75) is 58.1 Å². The smallest absolute Gasteiger partial charge is 0.546 e. The summed E-state index contributed by atoms with van der Waals surface area (Å²) in [4.78, 5) is 11.3. The molecule has 1 fully saturated rings. The largest absolute Gasteiger partial charge is 0.573 e. The Morgan fingerprint density at radius 3 is 2.24 bits per heavy atom. The highest BCUT2D eigenvalue weighted by molar-refractivity contribution is 5.74. The van der Waals surface area contributed by atoms with Gasteiger partial charge in [-0.25, -0.2) is 0 Å². The average Bonchev–Trinajstić information content (AvgIpc) is 3.49. The van der Waals surface area contributed by atoms with Crippen LogP contribution in [0.3, 0.4) is 0 Å². The van der Waals surface area contributed by atoms with Crippen molar-refractivity contribution in [1.29, 1.82) is 0 Å². The van der Waals surface area contributed by atoms with E-state index in [-0.39, 0.29) is 17.6 Å². The van der Waals surface area contributed by atoms with E-state index >= 15 is 0 Å². The maximum absolute atomic E-state index is 12.5. The Labute approximate surface area is 189 Å². The van der Waals surface area contributed by atoms with Gasteiger partial charge in [0.15, 0.2) is 0 Å². The number of ether oxygens (including phenoxy) is 3. The second-order valence-electron chi connectivity index (χ2n) is 8.79. The summed E-state index contributed by atoms with van der Waals surface area (Å²) in [5.41, 5.74) is 1.36. The fourth-order valence-electron chi connectivity index (χ4n) is 3.97. The maximum Gasteiger partial charge on any atom is 0.573 e. The van der Waals surface area contributed by atoms with Gasteiger partial charge in [-0.2, -0.15) is 0 Å². The van der Waals surface area contributed by atoms with Crippen molar-refractivity contribution in [3.8, 4) is 17.2 Å². The van der Waals surface area contributed by atoms with Crippen LogP contribution in [0.5, 0.6) is 17.2 Å². The molecule has 2 aromatic rings. The summed E-state index contributed by atoms with van der Waals surface area (Å²) in [6.07, 6.45) is -5.10. The van der Waals surface area contributed by atoms with Gasteiger partial charge in [0.2, 0.25) is 0 Å². The van der Waals surface area contributed by atoms with Crippen molar-refractivity contribution < 1.29 is 42.4 Å². The number of carboxylic acid groups (broad SMARTS) is 1. The van der Waals surface area contributed by atoms with Gasteiger partial charge >= 0.3 is 6.36 Å². The average molecular weight is 467 g/mol. The molecule has 1 aliphatic carbocycles. The number of carbonyl (C=O) groups is 1. The van der Waals surface area contributed by atoms with Crippen LogP contribution < -0.4 is 19.3 Å². The normalized spacial score (nSPS) is 19.1. The van der Waals surface area contributed by atoms with Gasteiger partial charge in [0.1, 0.15) is 22.8 Å². The van der Waals surface area contributed by atoms with Gasteiger partial charge in [-0.05, 0) is 74.8 Å². The molecule has 0 radical (unpaired) electrons. The second kappa shape index (κ2) is 8.78. The molecule has 1 saturated carbocycles. The second-order valence-corrected chi connectivity index (χ2v) is 8.79. The van der Waals surface area contributed by atoms with Crippen LogP contribution in [-0.4, -0.2) is 30.1 Å². The van der Waals surface area contributed by atoms with Crippen LogP contribution in [0.1, 0.15) is 54.5 Å². The SMILES string of the molecule is COc1cc(OC(F)(F)F)ccc1C(O)C1CC1c1cc(C)c(OC(C)(C)C(=O)[O-])c(C)c1. The molecular weight excluding hydrogens is 441 g/mol. The summed E-state index contributed by atoms with van der Waals surface area (Å²) >= 11 is 0. The third kappa shape index (κ3) is 5.52. The lowest BCUT2D eigenvalue weighted by Crippen LogP contribution is -2.48. The first-order valence-electron chi connectivity index (χ1n) is 10.4. The highest BCUT2D eigenvalue weighted by Gasteiger charge is 2.45. The van der Waals surface area contributed by atoms with E-state index in [0.29, 0.717) is 17.7 Å². The lowest BCUT2D eigenvalue weighted by atomic mass is 9.97. The summed E-state index contributed by atoms with van der Waals surface area (Å²) < 4.78 is 52.2. The number of aliphatic carboxylic acids is 1. The summed E-state index contributed by atoms with van der Waals surface area (Å²) in [5, 5.41) is 22.2. The molecule has 2 aromatic carbocycles. The van der Waals surface area contributed by atoms with Crippen molar-refractivity contribution >= 4 is 5.97 Å². The number of aliphatic hydroxyl groups excluding tert-OH is 1. The van der Waals surface area contributed by atoms with Crippen molar-refractivity contribution in [1.82, 2.24) is 0 Å². The minimum Gasteiger partial charge on any atom is -0.546 e. The number of hydrogen-bond donors (Lipinski definition) is 1. The number of rotatable bonds is 8. The van der Waals surface area contributed by atoms with E-state index in [4.69, 9.17) is 9.47 Å². The van der Waals surface area contributed by atoms with E-state index in [1.165, 1.54) is 27.0 Å². The van der Waals surface area contributed by atoms with E-state index in [1.54, 1.807) is 0 Å². The Morgan fingerprint density at radius 1 is 1.12 bits per heavy atom. The number of hydrogen-bond acceptors (Lipinski definition) is 6. The molecule has 0 saturated heterocycles. The summed E-state index contributed by atoms with van der Waals surface area (Å²) in [6.45, 7) is 6.46. The number of carbonyl (C=O) groups excluding carboxylic acids is 1. The predicted octanol–water partition coefficient (Wildman–Crippen LogP) is 3.96. The molecule has 0 spiro atoms. The van der Waals surface area contributed by atoms with E-state index in [2.05, 4.69) is 4.74 Å². The van der Waals surface area contributed by atoms with Crippen LogP contribution in [0.2, 0.25) is 0 Å². The quantitative estimate of drug-likeness (QED) is 0.633. The molecule has 0 heterocycles. The van der Waals surface area contributed by atoms with Crippen LogP contribution in [0.15, 0.2) is 30.3 Å². The fourth-order valence-corrected chi connectivity index (χ4v) is 3.97. The molecule has 1 N–H and O–H groups in total. The molecule has 0 amide bonds. The number of alkyl halides is 3. The van der Waals surface area contributed by atoms with Crippen molar-refractivity contribution in [3.05, 3.63) is 52.6 Å². The van der Waals surface area contributed by atoms with Crippen molar-refractivity contribution in [2.75, 3.05) is 7.11 Å². The summed E-state index contributed by atoms with van der Waals surface area (Å²) in [5.74, 6) is -1.31. The molecule has 0 bridgehead atoms. The highest BCUT2D eigenvalue weighted by atomic mass is 19.4. The molecule has 0 aromatic heterocycles. The zero-order valence-electron chi connectivity index (χ0n) is 18.9. The molecule has 3 rings (SSSR count). The van der Waals surface area contributed by atoms with E-state index in [9.17, 15) is 28.2 Å². The first-order chi connectivity index (χ1) is 15.2. The van der Waals surface area contributed by atoms with Crippen molar-refractivity contribution in [3.63, 3.8) is 0 Å². The highest BCUT2D eigenvalue weighted by Crippen LogP contribution is 2.56. The van der Waals surface area contributed by atoms with Crippen molar-refractivity contribution in [2.24, 2.45) is 5.92 Å². The predicted molar refractivity (Wildman–Crippen MR) is 111 cm³/mol. The van der Waals surface area contributed by atoms with Gasteiger partial charge in [-0.15, -0.1) is 13.2 Å². The third-order valence-electron chi connectivity index (χ3n) is 5.76. The Bertz CT molecular complexity index is 1020. The van der Waals surface area contributed by atoms with Gasteiger partial charge in [0.05, 0.1) is 19.2 Å². The minimum atomic E-state index is -4.82. The molecule has 1 aliphatic rings. The first-order valence-corrected chi connectivity index (χ1v) is 10.4. The first kappa shape index (κ1) is 24.7. The van der Waals surface area contributed by atoms with E-state index < -0.39 is 29.8 Å².